The van der Waals surface area contributed by atoms with Crippen LogP contribution in [-0.2, 0) is 39.4 Å². The van der Waals surface area contributed by atoms with E-state index in [2.05, 4.69) is 37.2 Å². The molecule has 2 aliphatic rings. The normalized spacial score (nSPS) is 28.6. The molecule has 0 aliphatic carbocycles. The summed E-state index contributed by atoms with van der Waals surface area (Å²) in [5.41, 5.74) is 11.6. The van der Waals surface area contributed by atoms with Crippen molar-refractivity contribution >= 4 is 72.0 Å². The molecule has 2 saturated heterocycles. The number of aliphatic hydroxyl groups is 2. The summed E-state index contributed by atoms with van der Waals surface area (Å²) in [6, 6.07) is 1.67. The number of anilines is 2. The lowest BCUT2D eigenvalue weighted by atomic mass is 10.1. The number of ether oxygens (including phenoxy) is 2. The van der Waals surface area contributed by atoms with Gasteiger partial charge in [0.2, 0.25) is 5.95 Å². The van der Waals surface area contributed by atoms with Crippen LogP contribution in [-0.4, -0.2) is 92.9 Å². The van der Waals surface area contributed by atoms with E-state index in [1.165, 1.54) is 17.2 Å². The first-order valence-corrected chi connectivity index (χ1v) is 18.3. The van der Waals surface area contributed by atoms with Gasteiger partial charge in [0.05, 0.1) is 37.1 Å². The van der Waals surface area contributed by atoms with Gasteiger partial charge in [-0.15, -0.1) is 4.52 Å². The lowest BCUT2D eigenvalue weighted by molar-refractivity contribution is -0.0485. The van der Waals surface area contributed by atoms with Gasteiger partial charge in [-0.2, -0.15) is 4.98 Å². The number of aromatic nitrogens is 7. The van der Waals surface area contributed by atoms with E-state index in [1.807, 2.05) is 0 Å². The van der Waals surface area contributed by atoms with Gasteiger partial charge in [0.1, 0.15) is 42.2 Å². The van der Waals surface area contributed by atoms with Crippen molar-refractivity contribution in [2.75, 3.05) is 24.7 Å². The monoisotopic (exact) mass is 704 g/mol. The van der Waals surface area contributed by atoms with Crippen molar-refractivity contribution in [2.24, 2.45) is 0 Å². The van der Waals surface area contributed by atoms with Crippen LogP contribution in [0.3, 0.4) is 0 Å². The van der Waals surface area contributed by atoms with E-state index < -0.39 is 62.5 Å². The number of thiol groups is 1. The highest BCUT2D eigenvalue weighted by molar-refractivity contribution is 8.39. The van der Waals surface area contributed by atoms with Gasteiger partial charge in [-0.1, -0.05) is 0 Å². The lowest BCUT2D eigenvalue weighted by Gasteiger charge is -2.25. The fourth-order valence-corrected chi connectivity index (χ4v) is 7.68. The Morgan fingerprint density at radius 3 is 2.78 bits per heavy atom. The first-order chi connectivity index (χ1) is 21.5. The Morgan fingerprint density at radius 2 is 2.02 bits per heavy atom. The molecule has 0 amide bonds. The van der Waals surface area contributed by atoms with Crippen LogP contribution in [0.4, 0.5) is 11.8 Å². The topological polar surface area (TPSA) is 270 Å². The highest BCUT2D eigenvalue weighted by Gasteiger charge is 2.50. The van der Waals surface area contributed by atoms with Crippen molar-refractivity contribution in [1.29, 1.82) is 0 Å². The van der Waals surface area contributed by atoms with Gasteiger partial charge in [0.25, 0.3) is 5.56 Å². The molecule has 0 saturated carbocycles. The maximum absolute atomic E-state index is 12.2. The molecule has 19 nitrogen and oxygen atoms in total. The molecular formula is C22H28N9O10P2S2+. The summed E-state index contributed by atoms with van der Waals surface area (Å²) < 4.78 is 43.6. The van der Waals surface area contributed by atoms with Crippen molar-refractivity contribution in [3.63, 3.8) is 0 Å². The Labute approximate surface area is 264 Å². The third-order valence-electron chi connectivity index (χ3n) is 7.33. The zero-order chi connectivity index (χ0) is 32.0. The zero-order valence-electron chi connectivity index (χ0n) is 23.0. The predicted molar refractivity (Wildman–Crippen MR) is 163 cm³/mol. The quantitative estimate of drug-likeness (QED) is 0.0814. The standard InChI is InChI=1S/C22H27N9O10P2S2/c23-16-10-1-3-30(17(10)26-7-25-16)21-14(33)15(40-42(35)44)11(39-21)2-4-37-43(36,45)41-12-5-9(6-32)38-20(12)31-8-27-13-18(31)28-22(24)29-19(13)34/h1,3,7-9,11-12,14-15,20-21,32-33H,2,4-6H2,(H6-,23,24,25,26,28,29,34,35,36,44,45)/p+1/t9?,11-,12-,14-,15-,20-,21-,43?/m1/s1. The molecule has 0 spiro atoms. The maximum atomic E-state index is 12.2. The average molecular weight is 705 g/mol. The summed E-state index contributed by atoms with van der Waals surface area (Å²) in [5, 5.41) is 21.4. The van der Waals surface area contributed by atoms with Gasteiger partial charge in [-0.25, -0.2) is 15.0 Å². The largest absolute Gasteiger partial charge is 0.582 e. The molecule has 4 aromatic heterocycles. The summed E-state index contributed by atoms with van der Waals surface area (Å²) in [6.07, 6.45) is -2.57. The Morgan fingerprint density at radius 1 is 1.22 bits per heavy atom. The van der Waals surface area contributed by atoms with Crippen LogP contribution in [0.15, 0.2) is 29.7 Å². The SMILES string of the molecule is Nc1nc2c(ncn2[C@@H]2OC(CO)C[C@H]2OP(O)(=S)OCC[C@H]2O[C@@H](n3ccc4c(N)ncnc43)[C@H](O)[C@@H]2O[P+](=O)S)c(=O)[nH]1. The number of nitrogens with two attached hydrogens (primary N) is 2. The fraction of sp³-hybridized carbons (Fsp3) is 0.500. The smallest absolute Gasteiger partial charge is 0.394 e. The molecule has 23 heteroatoms. The lowest BCUT2D eigenvalue weighted by Crippen LogP contribution is -2.33. The molecule has 6 rings (SSSR count). The second-order valence-electron chi connectivity index (χ2n) is 10.2. The van der Waals surface area contributed by atoms with Crippen LogP contribution in [0.1, 0.15) is 25.3 Å². The fourth-order valence-electron chi connectivity index (χ4n) is 5.40. The van der Waals surface area contributed by atoms with Gasteiger partial charge in [-0.05, 0) is 22.4 Å². The third kappa shape index (κ3) is 6.49. The predicted octanol–water partition coefficient (Wildman–Crippen LogP) is 0.248. The molecule has 6 heterocycles. The minimum atomic E-state index is -3.96. The third-order valence-corrected chi connectivity index (χ3v) is 9.66. The van der Waals surface area contributed by atoms with Gasteiger partial charge >= 0.3 is 13.9 Å². The van der Waals surface area contributed by atoms with Crippen molar-refractivity contribution in [1.82, 2.24) is 34.1 Å². The molecule has 9 atom stereocenters. The van der Waals surface area contributed by atoms with Crippen molar-refractivity contribution in [3.05, 3.63) is 35.3 Å². The highest BCUT2D eigenvalue weighted by Crippen LogP contribution is 2.50. The van der Waals surface area contributed by atoms with Crippen LogP contribution >= 0.6 is 26.2 Å². The van der Waals surface area contributed by atoms with Gasteiger partial charge in [0, 0.05) is 19.0 Å². The van der Waals surface area contributed by atoms with Crippen LogP contribution < -0.4 is 17.0 Å². The average Bonchev–Trinajstić information content (AvgIpc) is 3.74. The first-order valence-electron chi connectivity index (χ1n) is 13.3. The van der Waals surface area contributed by atoms with E-state index in [9.17, 15) is 24.5 Å². The van der Waals surface area contributed by atoms with Crippen LogP contribution in [0.5, 0.6) is 0 Å². The molecule has 4 aromatic rings. The van der Waals surface area contributed by atoms with E-state index in [0.717, 1.165) is 0 Å². The molecule has 0 aromatic carbocycles. The highest BCUT2D eigenvalue weighted by atomic mass is 32.7. The Kier molecular flexibility index (Phi) is 9.23. The van der Waals surface area contributed by atoms with Crippen molar-refractivity contribution in [2.45, 2.75) is 55.8 Å². The van der Waals surface area contributed by atoms with Crippen LogP contribution in [0.2, 0.25) is 0 Å². The number of H-pyrrole nitrogens is 1. The van der Waals surface area contributed by atoms with Crippen molar-refractivity contribution in [3.8, 4) is 0 Å². The molecule has 0 radical (unpaired) electrons. The number of rotatable bonds is 11. The number of aromatic amines is 1. The number of imidazole rings is 1. The summed E-state index contributed by atoms with van der Waals surface area (Å²) in [5.74, 6) is 0.0965. The molecule has 242 valence electrons. The van der Waals surface area contributed by atoms with Gasteiger partial charge in [-0.3, -0.25) is 14.3 Å². The Hall–Kier alpha value is -2.65. The molecule has 2 fully saturated rings. The Balaban J connectivity index is 1.15. The molecular weight excluding hydrogens is 676 g/mol. The number of aliphatic hydroxyl groups excluding tert-OH is 2. The number of hydrogen-bond acceptors (Lipinski definition) is 16. The number of nitrogens with one attached hydrogen (secondary N) is 1. The molecule has 0 bridgehead atoms. The minimum absolute atomic E-state index is 0.000655. The number of nitrogens with zero attached hydrogens (tertiary/aromatic N) is 6. The van der Waals surface area contributed by atoms with Gasteiger partial charge < -0.3 is 49.7 Å². The molecule has 45 heavy (non-hydrogen) atoms. The summed E-state index contributed by atoms with van der Waals surface area (Å²) in [7, 11) is -2.43. The van der Waals surface area contributed by atoms with E-state index >= 15 is 0 Å². The van der Waals surface area contributed by atoms with E-state index in [4.69, 9.17) is 46.3 Å². The summed E-state index contributed by atoms with van der Waals surface area (Å²) in [4.78, 5) is 41.9. The van der Waals surface area contributed by atoms with E-state index in [0.29, 0.717) is 11.0 Å². The second-order valence-corrected chi connectivity index (χ2v) is 14.6. The molecule has 3 unspecified atom stereocenters. The molecule has 8 N–H and O–H groups in total. The second kappa shape index (κ2) is 12.9. The van der Waals surface area contributed by atoms with Gasteiger partial charge in [0.15, 0.2) is 29.7 Å². The van der Waals surface area contributed by atoms with E-state index in [-0.39, 0.29) is 49.0 Å². The summed E-state index contributed by atoms with van der Waals surface area (Å²) >= 11 is 9.09. The Bertz CT molecular complexity index is 1840. The number of nitrogen functional groups attached to an aromatic ring is 2. The zero-order valence-corrected chi connectivity index (χ0v) is 26.5. The van der Waals surface area contributed by atoms with E-state index in [1.54, 1.807) is 16.8 Å². The molecule has 2 aliphatic heterocycles. The summed E-state index contributed by atoms with van der Waals surface area (Å²) in [6.45, 7) is -4.54. The first kappa shape index (κ1) is 32.3. The van der Waals surface area contributed by atoms with Crippen LogP contribution in [0, 0.1) is 0 Å². The minimum Gasteiger partial charge on any atom is -0.394 e. The maximum Gasteiger partial charge on any atom is 0.582 e. The van der Waals surface area contributed by atoms with Crippen molar-refractivity contribution < 1.29 is 42.7 Å². The number of fused-ring (bicyclic) bond motifs is 2. The van der Waals surface area contributed by atoms with Crippen LogP contribution in [0.25, 0.3) is 22.2 Å². The number of hydrogen-bond donors (Lipinski definition) is 7.